The molecule has 2 aliphatic heterocycles. The van der Waals surface area contributed by atoms with Gasteiger partial charge in [-0.1, -0.05) is 36.8 Å². The molecule has 2 heterocycles. The molecule has 1 aliphatic carbocycles. The summed E-state index contributed by atoms with van der Waals surface area (Å²) in [5.74, 6) is 1.77. The Bertz CT molecular complexity index is 471. The van der Waals surface area contributed by atoms with E-state index in [1.165, 1.54) is 30.4 Å². The number of hydrogen-bond acceptors (Lipinski definition) is 2. The van der Waals surface area contributed by atoms with Crippen molar-refractivity contribution in [2.45, 2.75) is 51.5 Å². The van der Waals surface area contributed by atoms with Gasteiger partial charge in [0.15, 0.2) is 0 Å². The number of carbonyl (C=O) groups is 1. The number of carbonyl (C=O) groups excluding carboxylic acids is 1. The number of Topliss-reactive ketones (excluding diaryl/α,β-unsaturated/α-hetero) is 1. The Labute approximate surface area is 122 Å². The van der Waals surface area contributed by atoms with Crippen LogP contribution in [-0.2, 0) is 4.79 Å². The topological polar surface area (TPSA) is 29.1 Å². The van der Waals surface area contributed by atoms with E-state index in [1.54, 1.807) is 0 Å². The van der Waals surface area contributed by atoms with E-state index >= 15 is 0 Å². The van der Waals surface area contributed by atoms with Gasteiger partial charge >= 0.3 is 0 Å². The summed E-state index contributed by atoms with van der Waals surface area (Å²) in [6.07, 6.45) is 4.29. The Morgan fingerprint density at radius 2 is 2.00 bits per heavy atom. The van der Waals surface area contributed by atoms with Gasteiger partial charge in [0.1, 0.15) is 5.78 Å². The summed E-state index contributed by atoms with van der Waals surface area (Å²) in [6, 6.07) is 9.24. The number of hydrogen-bond donors (Lipinski definition) is 1. The van der Waals surface area contributed by atoms with Crippen LogP contribution in [0.1, 0.15) is 49.7 Å². The SMILES string of the molecule is CCC(=O)[C@H]1C2CCC(CN2)C[C@H]1c1ccc(C)cc1. The highest BCUT2D eigenvalue weighted by Crippen LogP contribution is 2.42. The first-order chi connectivity index (χ1) is 9.69. The van der Waals surface area contributed by atoms with Gasteiger partial charge in [0.2, 0.25) is 0 Å². The molecule has 4 atom stereocenters. The molecule has 3 aliphatic rings. The van der Waals surface area contributed by atoms with Crippen LogP contribution in [-0.4, -0.2) is 18.4 Å². The van der Waals surface area contributed by atoms with Gasteiger partial charge in [0.25, 0.3) is 0 Å². The molecule has 0 amide bonds. The van der Waals surface area contributed by atoms with Crippen LogP contribution in [0, 0.1) is 18.8 Å². The predicted octanol–water partition coefficient (Wildman–Crippen LogP) is 3.45. The Morgan fingerprint density at radius 1 is 1.25 bits per heavy atom. The summed E-state index contributed by atoms with van der Waals surface area (Å²) in [7, 11) is 0. The molecule has 1 saturated carbocycles. The third kappa shape index (κ3) is 2.54. The lowest BCUT2D eigenvalue weighted by Gasteiger charge is -2.30. The molecule has 0 spiro atoms. The average molecular weight is 271 g/mol. The lowest BCUT2D eigenvalue weighted by Crippen LogP contribution is -2.43. The molecular formula is C18H25NO. The summed E-state index contributed by atoms with van der Waals surface area (Å²) in [4.78, 5) is 12.5. The van der Waals surface area contributed by atoms with Gasteiger partial charge in [-0.15, -0.1) is 0 Å². The second kappa shape index (κ2) is 5.69. The van der Waals surface area contributed by atoms with E-state index in [1.807, 2.05) is 6.92 Å². The van der Waals surface area contributed by atoms with Crippen molar-refractivity contribution in [3.63, 3.8) is 0 Å². The molecule has 2 unspecified atom stereocenters. The van der Waals surface area contributed by atoms with Crippen LogP contribution in [0.4, 0.5) is 0 Å². The van der Waals surface area contributed by atoms with Crippen LogP contribution in [0.5, 0.6) is 0 Å². The lowest BCUT2D eigenvalue weighted by atomic mass is 9.77. The van der Waals surface area contributed by atoms with Crippen LogP contribution in [0.3, 0.4) is 0 Å². The first-order valence-corrected chi connectivity index (χ1v) is 8.01. The van der Waals surface area contributed by atoms with Gasteiger partial charge in [-0.05, 0) is 50.1 Å². The summed E-state index contributed by atoms with van der Waals surface area (Å²) in [5.41, 5.74) is 2.66. The maximum atomic E-state index is 12.5. The summed E-state index contributed by atoms with van der Waals surface area (Å²) in [6.45, 7) is 5.23. The van der Waals surface area contributed by atoms with E-state index in [9.17, 15) is 4.79 Å². The molecule has 2 bridgehead atoms. The van der Waals surface area contributed by atoms with E-state index in [-0.39, 0.29) is 5.92 Å². The van der Waals surface area contributed by atoms with Gasteiger partial charge < -0.3 is 5.32 Å². The number of fused-ring (bicyclic) bond motifs is 4. The van der Waals surface area contributed by atoms with Gasteiger partial charge in [0.05, 0.1) is 0 Å². The van der Waals surface area contributed by atoms with Crippen molar-refractivity contribution in [2.24, 2.45) is 11.8 Å². The minimum atomic E-state index is 0.176. The highest BCUT2D eigenvalue weighted by molar-refractivity contribution is 5.82. The normalized spacial score (nSPS) is 32.9. The zero-order valence-corrected chi connectivity index (χ0v) is 12.6. The van der Waals surface area contributed by atoms with E-state index in [0.29, 0.717) is 24.2 Å². The van der Waals surface area contributed by atoms with Crippen molar-refractivity contribution in [1.29, 1.82) is 0 Å². The molecule has 3 fully saturated rings. The Kier molecular flexibility index (Phi) is 3.93. The Balaban J connectivity index is 1.96. The summed E-state index contributed by atoms with van der Waals surface area (Å²) >= 11 is 0. The highest BCUT2D eigenvalue weighted by atomic mass is 16.1. The van der Waals surface area contributed by atoms with Crippen molar-refractivity contribution in [3.05, 3.63) is 35.4 Å². The second-order valence-electron chi connectivity index (χ2n) is 6.56. The van der Waals surface area contributed by atoms with Crippen LogP contribution in [0.2, 0.25) is 0 Å². The predicted molar refractivity (Wildman–Crippen MR) is 81.8 cm³/mol. The molecule has 2 nitrogen and oxygen atoms in total. The zero-order chi connectivity index (χ0) is 14.1. The minimum Gasteiger partial charge on any atom is -0.313 e. The van der Waals surface area contributed by atoms with E-state index in [4.69, 9.17) is 0 Å². The Hall–Kier alpha value is -1.15. The van der Waals surface area contributed by atoms with E-state index in [0.717, 1.165) is 12.5 Å². The van der Waals surface area contributed by atoms with Crippen LogP contribution in [0.15, 0.2) is 24.3 Å². The van der Waals surface area contributed by atoms with Gasteiger partial charge in [-0.25, -0.2) is 0 Å². The number of benzene rings is 1. The lowest BCUT2D eigenvalue weighted by molar-refractivity contribution is -0.124. The van der Waals surface area contributed by atoms with Gasteiger partial charge in [0, 0.05) is 18.4 Å². The van der Waals surface area contributed by atoms with Crippen LogP contribution >= 0.6 is 0 Å². The molecule has 2 saturated heterocycles. The molecular weight excluding hydrogens is 246 g/mol. The smallest absolute Gasteiger partial charge is 0.137 e. The van der Waals surface area contributed by atoms with E-state index in [2.05, 4.69) is 36.5 Å². The van der Waals surface area contributed by atoms with Crippen LogP contribution in [0.25, 0.3) is 0 Å². The van der Waals surface area contributed by atoms with Gasteiger partial charge in [-0.3, -0.25) is 4.79 Å². The third-order valence-corrected chi connectivity index (χ3v) is 5.23. The number of aryl methyl sites for hydroxylation is 1. The molecule has 0 radical (unpaired) electrons. The number of rotatable bonds is 3. The average Bonchev–Trinajstić information content (AvgIpc) is 2.77. The quantitative estimate of drug-likeness (QED) is 0.912. The number of piperidine rings is 1. The molecule has 2 heteroatoms. The first kappa shape index (κ1) is 13.8. The fourth-order valence-electron chi connectivity index (χ4n) is 4.07. The molecule has 1 aromatic rings. The minimum absolute atomic E-state index is 0.176. The molecule has 4 rings (SSSR count). The van der Waals surface area contributed by atoms with Gasteiger partial charge in [-0.2, -0.15) is 0 Å². The first-order valence-electron chi connectivity index (χ1n) is 8.01. The second-order valence-corrected chi connectivity index (χ2v) is 6.56. The highest BCUT2D eigenvalue weighted by Gasteiger charge is 2.41. The molecule has 0 aromatic heterocycles. The monoisotopic (exact) mass is 271 g/mol. The number of ketones is 1. The summed E-state index contributed by atoms with van der Waals surface area (Å²) < 4.78 is 0. The number of nitrogens with one attached hydrogen (secondary N) is 1. The molecule has 108 valence electrons. The fourth-order valence-corrected chi connectivity index (χ4v) is 4.07. The van der Waals surface area contributed by atoms with Crippen molar-refractivity contribution in [2.75, 3.05) is 6.54 Å². The maximum Gasteiger partial charge on any atom is 0.137 e. The molecule has 20 heavy (non-hydrogen) atoms. The maximum absolute atomic E-state index is 12.5. The van der Waals surface area contributed by atoms with Crippen molar-refractivity contribution in [1.82, 2.24) is 5.32 Å². The van der Waals surface area contributed by atoms with Crippen molar-refractivity contribution in [3.8, 4) is 0 Å². The standard InChI is InChI=1S/C18H25NO/c1-3-17(20)18-15(14-7-4-12(2)5-8-14)10-13-6-9-16(18)19-11-13/h4-5,7-8,13,15-16,18-19H,3,6,9-11H2,1-2H3/t13?,15-,16?,18+/m0/s1. The Morgan fingerprint density at radius 3 is 2.60 bits per heavy atom. The van der Waals surface area contributed by atoms with Crippen molar-refractivity contribution < 1.29 is 4.79 Å². The molecule has 1 aromatic carbocycles. The summed E-state index contributed by atoms with van der Waals surface area (Å²) in [5, 5.41) is 3.64. The third-order valence-electron chi connectivity index (χ3n) is 5.23. The van der Waals surface area contributed by atoms with Crippen molar-refractivity contribution >= 4 is 5.78 Å². The van der Waals surface area contributed by atoms with Crippen LogP contribution < -0.4 is 5.32 Å². The molecule has 1 N–H and O–H groups in total. The largest absolute Gasteiger partial charge is 0.313 e. The fraction of sp³-hybridized carbons (Fsp3) is 0.611. The zero-order valence-electron chi connectivity index (χ0n) is 12.6. The van der Waals surface area contributed by atoms with E-state index < -0.39 is 0 Å².